The van der Waals surface area contributed by atoms with E-state index in [1.54, 1.807) is 16.7 Å². The number of carboxylic acid groups (broad SMARTS) is 1. The number of hydrogen-bond acceptors (Lipinski definition) is 5. The molecule has 0 amide bonds. The average Bonchev–Trinajstić information content (AvgIpc) is 2.69. The van der Waals surface area contributed by atoms with Gasteiger partial charge in [-0.1, -0.05) is 20.8 Å². The summed E-state index contributed by atoms with van der Waals surface area (Å²) in [7, 11) is 1.36. The Bertz CT molecular complexity index is 1070. The zero-order chi connectivity index (χ0) is 23.1. The highest BCUT2D eigenvalue weighted by molar-refractivity contribution is 5.88. The molecule has 0 saturated carbocycles. The Hall–Kier alpha value is -2.94. The number of fused-ring (bicyclic) bond motifs is 3. The van der Waals surface area contributed by atoms with Crippen molar-refractivity contribution in [1.29, 1.82) is 0 Å². The lowest BCUT2D eigenvalue weighted by Gasteiger charge is -2.39. The topological polar surface area (TPSA) is 98.0 Å². The summed E-state index contributed by atoms with van der Waals surface area (Å²) in [5.41, 5.74) is 0.655. The van der Waals surface area contributed by atoms with Gasteiger partial charge in [-0.2, -0.15) is 0 Å². The van der Waals surface area contributed by atoms with E-state index in [2.05, 4.69) is 0 Å². The van der Waals surface area contributed by atoms with Gasteiger partial charge in [-0.3, -0.25) is 4.79 Å². The number of methoxy groups -OCH3 is 1. The van der Waals surface area contributed by atoms with E-state index in [1.807, 2.05) is 20.8 Å². The molecule has 31 heavy (non-hydrogen) atoms. The molecule has 9 heteroatoms. The number of aromatic nitrogens is 1. The van der Waals surface area contributed by atoms with Crippen LogP contribution in [0.1, 0.15) is 42.7 Å². The number of aromatic carboxylic acids is 1. The molecule has 3 rings (SSSR count). The maximum absolute atomic E-state index is 13.5. The number of alkyl halides is 2. The number of pyridine rings is 1. The minimum absolute atomic E-state index is 0.0972. The van der Waals surface area contributed by atoms with Gasteiger partial charge in [-0.15, -0.1) is 0 Å². The van der Waals surface area contributed by atoms with Crippen LogP contribution in [-0.4, -0.2) is 47.0 Å². The zero-order valence-corrected chi connectivity index (χ0v) is 17.7. The first kappa shape index (κ1) is 22.7. The molecule has 1 unspecified atom stereocenters. The highest BCUT2D eigenvalue weighted by Gasteiger charge is 2.35. The second-order valence-corrected chi connectivity index (χ2v) is 8.70. The Labute approximate surface area is 177 Å². The van der Waals surface area contributed by atoms with Crippen molar-refractivity contribution in [1.82, 2.24) is 4.57 Å². The fourth-order valence-electron chi connectivity index (χ4n) is 3.72. The summed E-state index contributed by atoms with van der Waals surface area (Å²) in [4.78, 5) is 23.9. The molecular weight excluding hydrogens is 412 g/mol. The number of rotatable bonds is 6. The Kier molecular flexibility index (Phi) is 5.84. The highest BCUT2D eigenvalue weighted by Crippen LogP contribution is 2.45. The number of ether oxygens (including phenoxy) is 2. The van der Waals surface area contributed by atoms with Crippen molar-refractivity contribution in [2.45, 2.75) is 39.2 Å². The summed E-state index contributed by atoms with van der Waals surface area (Å²) in [5, 5.41) is 18.2. The molecule has 0 fully saturated rings. The fraction of sp³-hybridized carbons (Fsp3) is 0.455. The van der Waals surface area contributed by atoms with Gasteiger partial charge in [0.05, 0.1) is 12.8 Å². The summed E-state index contributed by atoms with van der Waals surface area (Å²) in [6, 6.07) is 4.26. The smallest absolute Gasteiger partial charge is 0.341 e. The molecule has 0 spiro atoms. The summed E-state index contributed by atoms with van der Waals surface area (Å²) in [6.07, 6.45) is 1.82. The minimum Gasteiger partial charge on any atom is -0.493 e. The molecule has 2 N–H and O–H groups in total. The van der Waals surface area contributed by atoms with Crippen LogP contribution in [0.4, 0.5) is 8.78 Å². The molecule has 0 bridgehead atoms. The molecule has 1 aliphatic heterocycles. The largest absolute Gasteiger partial charge is 0.493 e. The Morgan fingerprint density at radius 1 is 1.23 bits per heavy atom. The zero-order valence-electron chi connectivity index (χ0n) is 17.7. The standard InChI is InChI=1S/C22H25F2NO6/c1-21(2,3)19-6-12-5-18(31-11-22(23,24)10-26)17(30-4)7-13(12)15-8-16(27)14(20(28)29)9-25(15)19/h5,7-9,19,26H,6,10-11H2,1-4H3,(H,28,29). The highest BCUT2D eigenvalue weighted by atomic mass is 19.3. The minimum atomic E-state index is -3.40. The third kappa shape index (κ3) is 4.41. The quantitative estimate of drug-likeness (QED) is 0.719. The van der Waals surface area contributed by atoms with Crippen molar-refractivity contribution in [3.63, 3.8) is 0 Å². The van der Waals surface area contributed by atoms with Crippen LogP contribution in [-0.2, 0) is 6.42 Å². The molecule has 1 aliphatic rings. The average molecular weight is 437 g/mol. The van der Waals surface area contributed by atoms with Gasteiger partial charge in [-0.25, -0.2) is 13.6 Å². The third-order valence-corrected chi connectivity index (χ3v) is 5.39. The van der Waals surface area contributed by atoms with Crippen molar-refractivity contribution < 1.29 is 33.3 Å². The maximum atomic E-state index is 13.5. The molecule has 2 aromatic rings. The first-order valence-corrected chi connectivity index (χ1v) is 9.70. The lowest BCUT2D eigenvalue weighted by molar-refractivity contribution is -0.0804. The maximum Gasteiger partial charge on any atom is 0.341 e. The monoisotopic (exact) mass is 437 g/mol. The van der Waals surface area contributed by atoms with Crippen LogP contribution in [0.5, 0.6) is 11.5 Å². The van der Waals surface area contributed by atoms with Crippen LogP contribution in [0.3, 0.4) is 0 Å². The molecule has 2 heterocycles. The summed E-state index contributed by atoms with van der Waals surface area (Å²) in [6.45, 7) is 3.63. The van der Waals surface area contributed by atoms with Crippen LogP contribution < -0.4 is 14.9 Å². The second-order valence-electron chi connectivity index (χ2n) is 8.70. The second kappa shape index (κ2) is 7.96. The molecule has 168 valence electrons. The van der Waals surface area contributed by atoms with E-state index in [0.29, 0.717) is 17.7 Å². The number of aliphatic hydroxyl groups is 1. The van der Waals surface area contributed by atoms with Gasteiger partial charge in [0.2, 0.25) is 0 Å². The number of halogens is 2. The fourth-order valence-corrected chi connectivity index (χ4v) is 3.72. The summed E-state index contributed by atoms with van der Waals surface area (Å²) in [5.74, 6) is -4.42. The van der Waals surface area contributed by atoms with Crippen LogP contribution in [0, 0.1) is 5.41 Å². The van der Waals surface area contributed by atoms with Crippen LogP contribution in [0.15, 0.2) is 29.2 Å². The predicted octanol–water partition coefficient (Wildman–Crippen LogP) is 3.37. The number of nitrogens with zero attached hydrogens (tertiary/aromatic N) is 1. The molecule has 1 aromatic heterocycles. The van der Waals surface area contributed by atoms with E-state index in [1.165, 1.54) is 19.4 Å². The number of benzene rings is 1. The van der Waals surface area contributed by atoms with Gasteiger partial charge in [-0.05, 0) is 29.5 Å². The van der Waals surface area contributed by atoms with Crippen molar-refractivity contribution >= 4 is 5.97 Å². The van der Waals surface area contributed by atoms with E-state index in [9.17, 15) is 23.5 Å². The molecule has 0 saturated heterocycles. The van der Waals surface area contributed by atoms with E-state index in [4.69, 9.17) is 14.6 Å². The SMILES string of the molecule is COc1cc2c(cc1OCC(F)(F)CO)CC(C(C)(C)C)n1cc(C(=O)O)c(=O)cc1-2. The van der Waals surface area contributed by atoms with Gasteiger partial charge in [0.25, 0.3) is 0 Å². The lowest BCUT2D eigenvalue weighted by Crippen LogP contribution is -2.33. The Morgan fingerprint density at radius 3 is 2.45 bits per heavy atom. The lowest BCUT2D eigenvalue weighted by atomic mass is 9.78. The Balaban J connectivity index is 2.18. The molecule has 0 radical (unpaired) electrons. The van der Waals surface area contributed by atoms with Gasteiger partial charge in [0.15, 0.2) is 23.5 Å². The van der Waals surface area contributed by atoms with E-state index in [0.717, 1.165) is 5.56 Å². The third-order valence-electron chi connectivity index (χ3n) is 5.39. The van der Waals surface area contributed by atoms with Gasteiger partial charge in [0, 0.05) is 23.9 Å². The van der Waals surface area contributed by atoms with Gasteiger partial charge in [0.1, 0.15) is 12.2 Å². The molecule has 0 aliphatic carbocycles. The molecule has 7 nitrogen and oxygen atoms in total. The Morgan fingerprint density at radius 2 is 1.90 bits per heavy atom. The number of carbonyl (C=O) groups is 1. The van der Waals surface area contributed by atoms with Crippen molar-refractivity contribution in [2.24, 2.45) is 5.41 Å². The molecule has 1 atom stereocenters. The van der Waals surface area contributed by atoms with Crippen molar-refractivity contribution in [2.75, 3.05) is 20.3 Å². The summed E-state index contributed by atoms with van der Waals surface area (Å²) < 4.78 is 39.3. The predicted molar refractivity (Wildman–Crippen MR) is 109 cm³/mol. The van der Waals surface area contributed by atoms with Gasteiger partial charge < -0.3 is 24.3 Å². The van der Waals surface area contributed by atoms with Crippen molar-refractivity contribution in [3.8, 4) is 22.8 Å². The molecule has 1 aromatic carbocycles. The van der Waals surface area contributed by atoms with E-state index in [-0.39, 0.29) is 28.5 Å². The van der Waals surface area contributed by atoms with Gasteiger partial charge >= 0.3 is 11.9 Å². The number of aliphatic hydroxyl groups excluding tert-OH is 1. The molecular formula is C22H25F2NO6. The number of hydrogen-bond donors (Lipinski definition) is 2. The van der Waals surface area contributed by atoms with Crippen LogP contribution in [0.2, 0.25) is 0 Å². The van der Waals surface area contributed by atoms with E-state index < -0.39 is 30.5 Å². The van der Waals surface area contributed by atoms with Crippen molar-refractivity contribution in [3.05, 3.63) is 45.7 Å². The first-order valence-electron chi connectivity index (χ1n) is 9.70. The van der Waals surface area contributed by atoms with Crippen LogP contribution in [0.25, 0.3) is 11.3 Å². The summed E-state index contributed by atoms with van der Waals surface area (Å²) >= 11 is 0. The number of carboxylic acids is 1. The van der Waals surface area contributed by atoms with Crippen LogP contribution >= 0.6 is 0 Å². The van der Waals surface area contributed by atoms with E-state index >= 15 is 0 Å². The first-order chi connectivity index (χ1) is 14.4. The normalized spacial score (nSPS) is 15.8.